The van der Waals surface area contributed by atoms with Gasteiger partial charge in [0, 0.05) is 13.2 Å². The maximum absolute atomic E-state index is 5.47. The Labute approximate surface area is 93.0 Å². The maximum atomic E-state index is 5.47. The molecule has 0 amide bonds. The summed E-state index contributed by atoms with van der Waals surface area (Å²) in [5, 5.41) is 0. The maximum Gasteiger partial charge on any atom is 0.680 e. The summed E-state index contributed by atoms with van der Waals surface area (Å²) in [6.45, 7) is 12.6. The second-order valence-corrected chi connectivity index (χ2v) is 4.72. The van der Waals surface area contributed by atoms with Crippen LogP contribution in [0.2, 0.25) is 0 Å². The fourth-order valence-electron chi connectivity index (χ4n) is 0.926. The number of hydrogen-bond acceptors (Lipinski definition) is 4. The van der Waals surface area contributed by atoms with E-state index < -0.39 is 9.05 Å². The standard InChI is InChI=1S/C10H20O4Si/c1-5-9-13-15(11-7-3,12-8-4)14-10-6-2/h5-6H,1-2,7-10H2,3-4H3. The molecule has 4 nitrogen and oxygen atoms in total. The SMILES string of the molecule is C=CCO[Si](OCC)(OCC)OCC=C. The number of hydrogen-bond donors (Lipinski definition) is 0. The van der Waals surface area contributed by atoms with Gasteiger partial charge in [0.15, 0.2) is 0 Å². The van der Waals surface area contributed by atoms with Crippen LogP contribution in [-0.4, -0.2) is 35.5 Å². The van der Waals surface area contributed by atoms with E-state index in [9.17, 15) is 0 Å². The average Bonchev–Trinajstić information content (AvgIpc) is 2.24. The molecule has 15 heavy (non-hydrogen) atoms. The second kappa shape index (κ2) is 8.81. The van der Waals surface area contributed by atoms with E-state index in [1.165, 1.54) is 0 Å². The minimum absolute atomic E-state index is 0.351. The first-order valence-corrected chi connectivity index (χ1v) is 6.65. The second-order valence-electron chi connectivity index (χ2n) is 2.57. The van der Waals surface area contributed by atoms with E-state index in [0.717, 1.165) is 0 Å². The summed E-state index contributed by atoms with van der Waals surface area (Å²) in [6.07, 6.45) is 3.27. The van der Waals surface area contributed by atoms with Crippen molar-refractivity contribution in [2.24, 2.45) is 0 Å². The van der Waals surface area contributed by atoms with E-state index >= 15 is 0 Å². The first kappa shape index (κ1) is 14.5. The normalized spacial score (nSPS) is 11.3. The Kier molecular flexibility index (Phi) is 8.54. The lowest BCUT2D eigenvalue weighted by atomic mass is 10.7. The average molecular weight is 232 g/mol. The summed E-state index contributed by atoms with van der Waals surface area (Å²) in [5.74, 6) is 0. The van der Waals surface area contributed by atoms with Crippen molar-refractivity contribution in [1.29, 1.82) is 0 Å². The van der Waals surface area contributed by atoms with Crippen LogP contribution in [0.1, 0.15) is 13.8 Å². The highest BCUT2D eigenvalue weighted by Crippen LogP contribution is 2.11. The molecule has 0 atom stereocenters. The molecule has 0 aliphatic carbocycles. The van der Waals surface area contributed by atoms with E-state index in [4.69, 9.17) is 17.7 Å². The zero-order valence-corrected chi connectivity index (χ0v) is 10.5. The molecule has 0 aromatic carbocycles. The third-order valence-electron chi connectivity index (χ3n) is 1.40. The molecule has 0 radical (unpaired) electrons. The van der Waals surface area contributed by atoms with Crippen molar-refractivity contribution in [3.8, 4) is 0 Å². The largest absolute Gasteiger partial charge is 0.680 e. The molecule has 0 rings (SSSR count). The van der Waals surface area contributed by atoms with E-state index in [1.54, 1.807) is 12.2 Å². The smallest absolute Gasteiger partial charge is 0.351 e. The summed E-state index contributed by atoms with van der Waals surface area (Å²) in [5.41, 5.74) is 0. The van der Waals surface area contributed by atoms with Crippen LogP contribution in [-0.2, 0) is 17.7 Å². The molecule has 0 bridgehead atoms. The lowest BCUT2D eigenvalue weighted by Crippen LogP contribution is -2.49. The fourth-order valence-corrected chi connectivity index (χ4v) is 2.78. The van der Waals surface area contributed by atoms with Crippen LogP contribution < -0.4 is 0 Å². The first-order valence-electron chi connectivity index (χ1n) is 5.02. The Morgan fingerprint density at radius 1 is 0.867 bits per heavy atom. The summed E-state index contributed by atoms with van der Waals surface area (Å²) in [4.78, 5) is 0. The van der Waals surface area contributed by atoms with Crippen molar-refractivity contribution in [2.45, 2.75) is 13.8 Å². The van der Waals surface area contributed by atoms with Crippen LogP contribution in [0, 0.1) is 0 Å². The minimum Gasteiger partial charge on any atom is -0.351 e. The van der Waals surface area contributed by atoms with Gasteiger partial charge in [0.2, 0.25) is 0 Å². The van der Waals surface area contributed by atoms with E-state index in [-0.39, 0.29) is 0 Å². The third-order valence-corrected chi connectivity index (χ3v) is 3.72. The van der Waals surface area contributed by atoms with Crippen molar-refractivity contribution in [2.75, 3.05) is 26.4 Å². The van der Waals surface area contributed by atoms with Gasteiger partial charge in [-0.3, -0.25) is 0 Å². The minimum atomic E-state index is -2.98. The van der Waals surface area contributed by atoms with Crippen molar-refractivity contribution in [3.05, 3.63) is 25.3 Å². The first-order chi connectivity index (χ1) is 7.24. The molecule has 0 aromatic rings. The Morgan fingerprint density at radius 2 is 1.27 bits per heavy atom. The molecule has 0 saturated heterocycles. The van der Waals surface area contributed by atoms with Crippen LogP contribution in [0.4, 0.5) is 0 Å². The summed E-state index contributed by atoms with van der Waals surface area (Å²) in [7, 11) is -2.98. The third kappa shape index (κ3) is 5.86. The molecule has 0 aromatic heterocycles. The molecule has 0 aliphatic rings. The van der Waals surface area contributed by atoms with E-state index in [1.807, 2.05) is 13.8 Å². The summed E-state index contributed by atoms with van der Waals surface area (Å²) >= 11 is 0. The molecule has 0 unspecified atom stereocenters. The van der Waals surface area contributed by atoms with Gasteiger partial charge in [-0.25, -0.2) is 0 Å². The van der Waals surface area contributed by atoms with Gasteiger partial charge >= 0.3 is 9.05 Å². The highest BCUT2D eigenvalue weighted by molar-refractivity contribution is 6.53. The molecule has 0 N–H and O–H groups in total. The number of rotatable bonds is 10. The van der Waals surface area contributed by atoms with Gasteiger partial charge in [0.25, 0.3) is 0 Å². The molecule has 0 saturated carbocycles. The molecule has 0 heterocycles. The van der Waals surface area contributed by atoms with Crippen molar-refractivity contribution < 1.29 is 17.7 Å². The molecule has 0 fully saturated rings. The van der Waals surface area contributed by atoms with Crippen molar-refractivity contribution in [1.82, 2.24) is 0 Å². The Bertz CT molecular complexity index is 164. The van der Waals surface area contributed by atoms with Crippen LogP contribution in [0.25, 0.3) is 0 Å². The fraction of sp³-hybridized carbons (Fsp3) is 0.600. The molecule has 88 valence electrons. The van der Waals surface area contributed by atoms with Gasteiger partial charge in [0.05, 0.1) is 13.2 Å². The predicted molar refractivity (Wildman–Crippen MR) is 61.3 cm³/mol. The summed E-state index contributed by atoms with van der Waals surface area (Å²) in [6, 6.07) is 0. The van der Waals surface area contributed by atoms with Crippen LogP contribution in [0.15, 0.2) is 25.3 Å². The van der Waals surface area contributed by atoms with Gasteiger partial charge in [-0.2, -0.15) is 0 Å². The Hall–Kier alpha value is -0.463. The zero-order valence-electron chi connectivity index (χ0n) is 9.53. The molecule has 5 heteroatoms. The zero-order chi connectivity index (χ0) is 11.6. The van der Waals surface area contributed by atoms with Crippen LogP contribution in [0.5, 0.6) is 0 Å². The predicted octanol–water partition coefficient (Wildman–Crippen LogP) is 1.90. The molecule has 0 spiro atoms. The van der Waals surface area contributed by atoms with E-state index in [2.05, 4.69) is 13.2 Å². The van der Waals surface area contributed by atoms with Gasteiger partial charge in [-0.05, 0) is 13.8 Å². The topological polar surface area (TPSA) is 36.9 Å². The Balaban J connectivity index is 4.38. The lowest BCUT2D eigenvalue weighted by molar-refractivity contribution is -0.0183. The van der Waals surface area contributed by atoms with E-state index in [0.29, 0.717) is 26.4 Å². The van der Waals surface area contributed by atoms with Crippen molar-refractivity contribution >= 4 is 9.05 Å². The monoisotopic (exact) mass is 232 g/mol. The quantitative estimate of drug-likeness (QED) is 0.426. The van der Waals surface area contributed by atoms with Gasteiger partial charge in [0.1, 0.15) is 0 Å². The molecular formula is C10H20O4Si. The highest BCUT2D eigenvalue weighted by Gasteiger charge is 2.44. The summed E-state index contributed by atoms with van der Waals surface area (Å²) < 4.78 is 21.8. The van der Waals surface area contributed by atoms with Crippen molar-refractivity contribution in [3.63, 3.8) is 0 Å². The highest BCUT2D eigenvalue weighted by atomic mass is 28.4. The van der Waals surface area contributed by atoms with Crippen LogP contribution >= 0.6 is 0 Å². The van der Waals surface area contributed by atoms with Gasteiger partial charge in [-0.15, -0.1) is 13.2 Å². The lowest BCUT2D eigenvalue weighted by Gasteiger charge is -2.26. The molecular weight excluding hydrogens is 212 g/mol. The molecule has 0 aliphatic heterocycles. The Morgan fingerprint density at radius 3 is 1.53 bits per heavy atom. The van der Waals surface area contributed by atoms with Gasteiger partial charge < -0.3 is 17.7 Å². The van der Waals surface area contributed by atoms with Crippen LogP contribution in [0.3, 0.4) is 0 Å². The van der Waals surface area contributed by atoms with Gasteiger partial charge in [-0.1, -0.05) is 12.2 Å².